The first kappa shape index (κ1) is 5.67. The van der Waals surface area contributed by atoms with Crippen molar-refractivity contribution in [3.05, 3.63) is 11.8 Å². The van der Waals surface area contributed by atoms with Gasteiger partial charge >= 0.3 is 0 Å². The molecule has 8 heavy (non-hydrogen) atoms. The van der Waals surface area contributed by atoms with Crippen LogP contribution in [0, 0.1) is 0 Å². The van der Waals surface area contributed by atoms with Crippen molar-refractivity contribution in [2.75, 3.05) is 0 Å². The van der Waals surface area contributed by atoms with Gasteiger partial charge in [0, 0.05) is 6.42 Å². The third-order valence-corrected chi connectivity index (χ3v) is 0.808. The maximum absolute atomic E-state index is 5.41. The van der Waals surface area contributed by atoms with Crippen LogP contribution in [0.25, 0.3) is 0 Å². The van der Waals surface area contributed by atoms with Gasteiger partial charge in [-0.1, -0.05) is 0 Å². The molecule has 0 atom stereocenters. The maximum atomic E-state index is 5.41. The van der Waals surface area contributed by atoms with Crippen LogP contribution in [0.2, 0.25) is 0 Å². The van der Waals surface area contributed by atoms with E-state index in [1.54, 1.807) is 0 Å². The van der Waals surface area contributed by atoms with Crippen LogP contribution in [-0.4, -0.2) is 5.60 Å². The summed E-state index contributed by atoms with van der Waals surface area (Å²) >= 11 is 0. The average Bonchev–Trinajstić information content (AvgIpc) is 2.12. The highest BCUT2D eigenvalue weighted by Gasteiger charge is 2.17. The molecular formula is C7H12O. The number of hydrogen-bond donors (Lipinski definition) is 0. The minimum Gasteiger partial charge on any atom is -0.492 e. The van der Waals surface area contributed by atoms with Crippen LogP contribution in [-0.2, 0) is 4.74 Å². The Morgan fingerprint density at radius 2 is 2.00 bits per heavy atom. The molecule has 1 aliphatic carbocycles. The van der Waals surface area contributed by atoms with Crippen LogP contribution < -0.4 is 0 Å². The first-order valence-corrected chi connectivity index (χ1v) is 2.96. The van der Waals surface area contributed by atoms with Crippen molar-refractivity contribution >= 4 is 0 Å². The largest absolute Gasteiger partial charge is 0.492 e. The Morgan fingerprint density at radius 1 is 1.50 bits per heavy atom. The van der Waals surface area contributed by atoms with Crippen LogP contribution in [0.1, 0.15) is 27.2 Å². The number of allylic oxidation sites excluding steroid dienone is 2. The molecule has 0 fully saturated rings. The zero-order valence-corrected chi connectivity index (χ0v) is 5.69. The first-order chi connectivity index (χ1) is 3.58. The zero-order chi connectivity index (χ0) is 6.20. The third kappa shape index (κ3) is 2.01. The molecule has 1 nitrogen and oxygen atoms in total. The predicted octanol–water partition coefficient (Wildman–Crippen LogP) is 2.09. The van der Waals surface area contributed by atoms with E-state index in [-0.39, 0.29) is 5.60 Å². The summed E-state index contributed by atoms with van der Waals surface area (Å²) in [6, 6.07) is 0. The van der Waals surface area contributed by atoms with Gasteiger partial charge in [-0.3, -0.25) is 0 Å². The molecule has 0 aromatic heterocycles. The lowest BCUT2D eigenvalue weighted by Gasteiger charge is -2.18. The topological polar surface area (TPSA) is 9.23 Å². The van der Waals surface area contributed by atoms with Gasteiger partial charge in [-0.2, -0.15) is 0 Å². The molecule has 0 spiro atoms. The average molecular weight is 112 g/mol. The quantitative estimate of drug-likeness (QED) is 0.504. The molecule has 0 aromatic carbocycles. The smallest absolute Gasteiger partial charge is 0.100 e. The Balaban J connectivity index is 2.27. The van der Waals surface area contributed by atoms with Crippen molar-refractivity contribution in [2.24, 2.45) is 0 Å². The van der Waals surface area contributed by atoms with Gasteiger partial charge in [0.15, 0.2) is 0 Å². The van der Waals surface area contributed by atoms with Gasteiger partial charge in [0.1, 0.15) is 5.60 Å². The van der Waals surface area contributed by atoms with Crippen molar-refractivity contribution in [3.63, 3.8) is 0 Å². The van der Waals surface area contributed by atoms with E-state index < -0.39 is 0 Å². The molecule has 0 saturated carbocycles. The normalized spacial score (nSPS) is 17.6. The molecule has 1 aliphatic rings. The molecular weight excluding hydrogens is 100 g/mol. The summed E-state index contributed by atoms with van der Waals surface area (Å²) < 4.78 is 5.41. The summed E-state index contributed by atoms with van der Waals surface area (Å²) in [6.07, 6.45) is 3.16. The number of hydrogen-bond acceptors (Lipinski definition) is 1. The predicted molar refractivity (Wildman–Crippen MR) is 33.5 cm³/mol. The van der Waals surface area contributed by atoms with Gasteiger partial charge in [0.05, 0.1) is 5.76 Å². The van der Waals surface area contributed by atoms with E-state index in [0.29, 0.717) is 0 Å². The second-order valence-corrected chi connectivity index (χ2v) is 3.09. The first-order valence-electron chi connectivity index (χ1n) is 2.96. The Labute approximate surface area is 50.3 Å². The highest BCUT2D eigenvalue weighted by molar-refractivity contribution is 5.14. The summed E-state index contributed by atoms with van der Waals surface area (Å²) in [5, 5.41) is 0. The van der Waals surface area contributed by atoms with E-state index in [2.05, 4.69) is 26.8 Å². The monoisotopic (exact) mass is 112 g/mol. The molecule has 1 heteroatoms. The fourth-order valence-electron chi connectivity index (χ4n) is 0.518. The van der Waals surface area contributed by atoms with Gasteiger partial charge in [-0.15, -0.1) is 0 Å². The van der Waals surface area contributed by atoms with Crippen molar-refractivity contribution < 1.29 is 4.74 Å². The summed E-state index contributed by atoms with van der Waals surface area (Å²) in [4.78, 5) is 0. The van der Waals surface area contributed by atoms with E-state index in [1.807, 2.05) is 0 Å². The van der Waals surface area contributed by atoms with E-state index >= 15 is 0 Å². The van der Waals surface area contributed by atoms with Gasteiger partial charge in [-0.25, -0.2) is 0 Å². The highest BCUT2D eigenvalue weighted by Crippen LogP contribution is 2.25. The molecule has 46 valence electrons. The van der Waals surface area contributed by atoms with Gasteiger partial charge in [0.2, 0.25) is 0 Å². The number of rotatable bonds is 1. The second kappa shape index (κ2) is 1.51. The minimum atomic E-state index is 0.0162. The molecule has 0 unspecified atom stereocenters. The van der Waals surface area contributed by atoms with Crippen molar-refractivity contribution in [3.8, 4) is 0 Å². The summed E-state index contributed by atoms with van der Waals surface area (Å²) in [5.41, 5.74) is 0.0162. The standard InChI is InChI=1S/C7H12O/c1-7(2,3)8-6-4-5-6/h4H,5H2,1-3H3. The van der Waals surface area contributed by atoms with E-state index in [1.165, 1.54) is 0 Å². The fraction of sp³-hybridized carbons (Fsp3) is 0.714. The summed E-state index contributed by atoms with van der Waals surface area (Å²) in [7, 11) is 0. The van der Waals surface area contributed by atoms with Gasteiger partial charge in [0.25, 0.3) is 0 Å². The molecule has 0 radical (unpaired) electrons. The third-order valence-electron chi connectivity index (χ3n) is 0.808. The van der Waals surface area contributed by atoms with Crippen LogP contribution in [0.15, 0.2) is 11.8 Å². The summed E-state index contributed by atoms with van der Waals surface area (Å²) in [5.74, 6) is 1.15. The summed E-state index contributed by atoms with van der Waals surface area (Å²) in [6.45, 7) is 6.18. The molecule has 0 aliphatic heterocycles. The van der Waals surface area contributed by atoms with Crippen LogP contribution in [0.3, 0.4) is 0 Å². The van der Waals surface area contributed by atoms with Crippen LogP contribution in [0.4, 0.5) is 0 Å². The maximum Gasteiger partial charge on any atom is 0.100 e. The lowest BCUT2D eigenvalue weighted by Crippen LogP contribution is -2.16. The lowest BCUT2D eigenvalue weighted by atomic mass is 10.2. The Hall–Kier alpha value is -0.460. The molecule has 1 rings (SSSR count). The van der Waals surface area contributed by atoms with E-state index in [0.717, 1.165) is 12.2 Å². The number of ether oxygens (including phenoxy) is 1. The second-order valence-electron chi connectivity index (χ2n) is 3.09. The van der Waals surface area contributed by atoms with E-state index in [9.17, 15) is 0 Å². The van der Waals surface area contributed by atoms with Crippen LogP contribution in [0.5, 0.6) is 0 Å². The molecule has 0 bridgehead atoms. The minimum absolute atomic E-state index is 0.0162. The molecule has 0 N–H and O–H groups in total. The fourth-order valence-corrected chi connectivity index (χ4v) is 0.518. The Bertz CT molecular complexity index is 117. The van der Waals surface area contributed by atoms with Crippen LogP contribution >= 0.6 is 0 Å². The molecule has 0 aromatic rings. The van der Waals surface area contributed by atoms with Gasteiger partial charge in [-0.05, 0) is 26.8 Å². The highest BCUT2D eigenvalue weighted by atomic mass is 16.5. The zero-order valence-electron chi connectivity index (χ0n) is 5.69. The van der Waals surface area contributed by atoms with E-state index in [4.69, 9.17) is 4.74 Å². The Morgan fingerprint density at radius 3 is 2.12 bits per heavy atom. The van der Waals surface area contributed by atoms with Crippen molar-refractivity contribution in [1.82, 2.24) is 0 Å². The molecule has 0 amide bonds. The molecule has 0 heterocycles. The Kier molecular flexibility index (Phi) is 1.07. The van der Waals surface area contributed by atoms with Crippen molar-refractivity contribution in [2.45, 2.75) is 32.8 Å². The molecule has 0 saturated heterocycles. The SMILES string of the molecule is CC(C)(C)OC1=CC1. The van der Waals surface area contributed by atoms with Crippen molar-refractivity contribution in [1.29, 1.82) is 0 Å². The lowest BCUT2D eigenvalue weighted by molar-refractivity contribution is 0.0615. The van der Waals surface area contributed by atoms with Gasteiger partial charge < -0.3 is 4.74 Å².